The molecule has 0 saturated carbocycles. The summed E-state index contributed by atoms with van der Waals surface area (Å²) in [5, 5.41) is 22.7. The Labute approximate surface area is 144 Å². The van der Waals surface area contributed by atoms with Crippen molar-refractivity contribution in [2.75, 3.05) is 0 Å². The van der Waals surface area contributed by atoms with E-state index in [9.17, 15) is 18.9 Å². The van der Waals surface area contributed by atoms with Crippen LogP contribution in [0.5, 0.6) is 0 Å². The van der Waals surface area contributed by atoms with Crippen molar-refractivity contribution < 1.29 is 44.1 Å². The Morgan fingerprint density at radius 2 is 1.44 bits per heavy atom. The number of rotatable bonds is 7. The van der Waals surface area contributed by atoms with Crippen LogP contribution in [-0.4, -0.2) is 99.6 Å². The molecule has 5 N–H and O–H groups in total. The van der Waals surface area contributed by atoms with E-state index in [0.717, 1.165) is 0 Å². The minimum absolute atomic E-state index is 0. The molecule has 0 saturated heterocycles. The van der Waals surface area contributed by atoms with E-state index in [1.807, 2.05) is 0 Å². The van der Waals surface area contributed by atoms with Crippen molar-refractivity contribution in [3.8, 4) is 0 Å². The number of carbonyl (C=O) groups is 3. The number of hydrogen-bond donors (Lipinski definition) is 5. The monoisotopic (exact) mass is 309 g/mol. The molecule has 9 nitrogen and oxygen atoms in total. The SMILES string of the molecule is O=C(O)CCC(CC(=O)O)(C(=O)O)P(=O)(O)O.[K]. The van der Waals surface area contributed by atoms with Gasteiger partial charge >= 0.3 is 25.5 Å². The first kappa shape index (κ1) is 20.5. The van der Waals surface area contributed by atoms with Crippen LogP contribution in [0.4, 0.5) is 0 Å². The van der Waals surface area contributed by atoms with E-state index in [1.54, 1.807) is 0 Å². The molecule has 18 heavy (non-hydrogen) atoms. The predicted octanol–water partition coefficient (Wildman–Crippen LogP) is -1.05. The molecule has 0 aromatic heterocycles. The van der Waals surface area contributed by atoms with E-state index in [2.05, 4.69) is 0 Å². The van der Waals surface area contributed by atoms with Crippen LogP contribution in [0.3, 0.4) is 0 Å². The molecular formula is C7H11KO9P. The van der Waals surface area contributed by atoms with Gasteiger partial charge in [-0.1, -0.05) is 0 Å². The smallest absolute Gasteiger partial charge is 0.343 e. The molecule has 0 fully saturated rings. The number of carboxylic acids is 3. The van der Waals surface area contributed by atoms with Crippen molar-refractivity contribution in [1.82, 2.24) is 0 Å². The van der Waals surface area contributed by atoms with Crippen molar-refractivity contribution in [3.63, 3.8) is 0 Å². The first-order chi connectivity index (χ1) is 7.53. The van der Waals surface area contributed by atoms with E-state index in [1.165, 1.54) is 0 Å². The van der Waals surface area contributed by atoms with Gasteiger partial charge in [-0.05, 0) is 6.42 Å². The fourth-order valence-corrected chi connectivity index (χ4v) is 2.20. The van der Waals surface area contributed by atoms with E-state index in [0.29, 0.717) is 0 Å². The third-order valence-corrected chi connectivity index (χ3v) is 3.84. The summed E-state index contributed by atoms with van der Waals surface area (Å²) < 4.78 is 11.1. The van der Waals surface area contributed by atoms with Crippen molar-refractivity contribution in [2.24, 2.45) is 0 Å². The molecule has 0 amide bonds. The molecule has 1 radical (unpaired) electrons. The van der Waals surface area contributed by atoms with Gasteiger partial charge in [0.25, 0.3) is 0 Å². The average Bonchev–Trinajstić information content (AvgIpc) is 2.08. The molecule has 0 rings (SSSR count). The van der Waals surface area contributed by atoms with Gasteiger partial charge in [-0.3, -0.25) is 18.9 Å². The van der Waals surface area contributed by atoms with Crippen LogP contribution in [0.15, 0.2) is 0 Å². The Morgan fingerprint density at radius 3 is 1.67 bits per heavy atom. The third-order valence-electron chi connectivity index (χ3n) is 2.15. The third kappa shape index (κ3) is 5.45. The van der Waals surface area contributed by atoms with Crippen molar-refractivity contribution in [3.05, 3.63) is 0 Å². The fourth-order valence-electron chi connectivity index (χ4n) is 1.21. The molecule has 1 atom stereocenters. The molecule has 0 aliphatic heterocycles. The fraction of sp³-hybridized carbons (Fsp3) is 0.571. The normalized spacial score (nSPS) is 14.1. The molecule has 11 heteroatoms. The van der Waals surface area contributed by atoms with Gasteiger partial charge in [-0.15, -0.1) is 0 Å². The van der Waals surface area contributed by atoms with Crippen LogP contribution in [0, 0.1) is 0 Å². The maximum atomic E-state index is 11.1. The Bertz CT molecular complexity index is 388. The Morgan fingerprint density at radius 1 is 1.00 bits per heavy atom. The van der Waals surface area contributed by atoms with Crippen molar-refractivity contribution in [2.45, 2.75) is 24.4 Å². The van der Waals surface area contributed by atoms with Crippen LogP contribution in [0.2, 0.25) is 0 Å². The molecule has 0 spiro atoms. The second-order valence-electron chi connectivity index (χ2n) is 3.35. The van der Waals surface area contributed by atoms with E-state index in [4.69, 9.17) is 25.1 Å². The van der Waals surface area contributed by atoms with E-state index < -0.39 is 49.9 Å². The molecule has 0 aromatic carbocycles. The Balaban J connectivity index is 0. The largest absolute Gasteiger partial charge is 0.481 e. The standard InChI is InChI=1S/C7H11O9P.K/c8-4(9)1-2-7(6(12)13,3-5(10)11)17(14,15)16;/h1-3H2,(H,8,9)(H,10,11)(H,12,13)(H2,14,15,16);. The quantitative estimate of drug-likeness (QED) is 0.290. The molecule has 0 heterocycles. The number of carboxylic acid groups (broad SMARTS) is 3. The summed E-state index contributed by atoms with van der Waals surface area (Å²) in [4.78, 5) is 49.5. The average molecular weight is 309 g/mol. The Kier molecular flexibility index (Phi) is 8.78. The van der Waals surface area contributed by atoms with Gasteiger partial charge < -0.3 is 25.1 Å². The van der Waals surface area contributed by atoms with Crippen LogP contribution >= 0.6 is 7.60 Å². The summed E-state index contributed by atoms with van der Waals surface area (Å²) in [5.41, 5.74) is 0. The zero-order chi connectivity index (χ0) is 13.9. The van der Waals surface area contributed by atoms with Crippen molar-refractivity contribution >= 4 is 76.9 Å². The Hall–Kier alpha value is 0.196. The molecule has 0 aliphatic carbocycles. The topological polar surface area (TPSA) is 169 Å². The van der Waals surface area contributed by atoms with E-state index >= 15 is 0 Å². The zero-order valence-electron chi connectivity index (χ0n) is 9.44. The first-order valence-electron chi connectivity index (χ1n) is 4.25. The first-order valence-corrected chi connectivity index (χ1v) is 5.87. The summed E-state index contributed by atoms with van der Waals surface area (Å²) >= 11 is 0. The van der Waals surface area contributed by atoms with Gasteiger partial charge in [0, 0.05) is 57.8 Å². The minimum atomic E-state index is -5.32. The van der Waals surface area contributed by atoms with Gasteiger partial charge in [0.1, 0.15) is 0 Å². The van der Waals surface area contributed by atoms with E-state index in [-0.39, 0.29) is 51.4 Å². The number of aliphatic carboxylic acids is 3. The van der Waals surface area contributed by atoms with Gasteiger partial charge in [0.05, 0.1) is 6.42 Å². The summed E-state index contributed by atoms with van der Waals surface area (Å²) in [6.45, 7) is 0. The van der Waals surface area contributed by atoms with Crippen LogP contribution in [0.1, 0.15) is 19.3 Å². The maximum Gasteiger partial charge on any atom is 0.343 e. The molecule has 99 valence electrons. The maximum absolute atomic E-state index is 11.1. The van der Waals surface area contributed by atoms with Gasteiger partial charge in [-0.25, -0.2) is 0 Å². The van der Waals surface area contributed by atoms with Gasteiger partial charge in [0.15, 0.2) is 5.16 Å². The van der Waals surface area contributed by atoms with Crippen LogP contribution in [0.25, 0.3) is 0 Å². The number of hydrogen-bond acceptors (Lipinski definition) is 4. The zero-order valence-corrected chi connectivity index (χ0v) is 13.5. The molecule has 0 bridgehead atoms. The van der Waals surface area contributed by atoms with Crippen LogP contribution in [-0.2, 0) is 18.9 Å². The summed E-state index contributed by atoms with van der Waals surface area (Å²) in [5.74, 6) is -5.25. The van der Waals surface area contributed by atoms with Crippen LogP contribution < -0.4 is 0 Å². The second-order valence-corrected chi connectivity index (χ2v) is 5.29. The summed E-state index contributed by atoms with van der Waals surface area (Å²) in [7, 11) is -5.32. The van der Waals surface area contributed by atoms with Crippen molar-refractivity contribution in [1.29, 1.82) is 0 Å². The summed E-state index contributed by atoms with van der Waals surface area (Å²) in [6.07, 6.45) is -3.17. The summed E-state index contributed by atoms with van der Waals surface area (Å²) in [6, 6.07) is 0. The molecular weight excluding hydrogens is 298 g/mol. The minimum Gasteiger partial charge on any atom is -0.481 e. The van der Waals surface area contributed by atoms with Gasteiger partial charge in [-0.2, -0.15) is 0 Å². The second kappa shape index (κ2) is 7.70. The molecule has 1 unspecified atom stereocenters. The molecule has 0 aromatic rings. The van der Waals surface area contributed by atoms with Gasteiger partial charge in [0.2, 0.25) is 0 Å². The predicted molar refractivity (Wildman–Crippen MR) is 57.3 cm³/mol. The molecule has 0 aliphatic rings.